The van der Waals surface area contributed by atoms with Crippen LogP contribution in [0.5, 0.6) is 0 Å². The van der Waals surface area contributed by atoms with E-state index in [1.165, 1.54) is 0 Å². The van der Waals surface area contributed by atoms with Gasteiger partial charge in [-0.15, -0.1) is 0 Å². The Labute approximate surface area is 93.1 Å². The quantitative estimate of drug-likeness (QED) is 0.783. The van der Waals surface area contributed by atoms with Gasteiger partial charge in [-0.3, -0.25) is 0 Å². The molecule has 1 aliphatic heterocycles. The number of hydrogen-bond donors (Lipinski definition) is 1. The average Bonchev–Trinajstić information content (AvgIpc) is 2.18. The Kier molecular flexibility index (Phi) is 4.55. The highest BCUT2D eigenvalue weighted by Gasteiger charge is 2.24. The van der Waals surface area contributed by atoms with E-state index in [1.807, 2.05) is 0 Å². The Hall–Kier alpha value is -0.130. The number of likely N-dealkylation sites (tertiary alicyclic amines) is 1. The molecule has 90 valence electrons. The largest absolute Gasteiger partial charge is 0.303 e. The zero-order valence-electron chi connectivity index (χ0n) is 9.86. The molecule has 0 aromatic carbocycles. The van der Waals surface area contributed by atoms with Crippen LogP contribution >= 0.6 is 0 Å². The van der Waals surface area contributed by atoms with E-state index in [0.29, 0.717) is 0 Å². The zero-order chi connectivity index (χ0) is 11.5. The molecule has 0 unspecified atom stereocenters. The predicted octanol–water partition coefficient (Wildman–Crippen LogP) is 0.798. The number of hydrogen-bond acceptors (Lipinski definition) is 3. The Morgan fingerprint density at radius 1 is 1.33 bits per heavy atom. The lowest BCUT2D eigenvalue weighted by molar-refractivity contribution is 0.217. The molecule has 0 aromatic heterocycles. The summed E-state index contributed by atoms with van der Waals surface area (Å²) in [6.45, 7) is 8.62. The Bertz CT molecular complexity index is 280. The molecule has 1 saturated heterocycles. The van der Waals surface area contributed by atoms with Crippen molar-refractivity contribution in [3.05, 3.63) is 0 Å². The van der Waals surface area contributed by atoms with Gasteiger partial charge >= 0.3 is 0 Å². The van der Waals surface area contributed by atoms with Crippen LogP contribution in [0.4, 0.5) is 0 Å². The summed E-state index contributed by atoms with van der Waals surface area (Å²) < 4.78 is 26.0. The maximum absolute atomic E-state index is 11.6. The van der Waals surface area contributed by atoms with Gasteiger partial charge in [-0.2, -0.15) is 0 Å². The second-order valence-electron chi connectivity index (χ2n) is 4.42. The standard InChI is InChI=1S/C10H22N2O2S/c1-4-12-7-5-10(6-8-12)11-15(13,14)9(2)3/h9-11H,4-8H2,1-3H3. The topological polar surface area (TPSA) is 49.4 Å². The third-order valence-electron chi connectivity index (χ3n) is 2.99. The van der Waals surface area contributed by atoms with Gasteiger partial charge in [0.25, 0.3) is 0 Å². The van der Waals surface area contributed by atoms with Gasteiger partial charge in [0.1, 0.15) is 0 Å². The molecule has 0 bridgehead atoms. The van der Waals surface area contributed by atoms with Crippen LogP contribution in [0.15, 0.2) is 0 Å². The number of piperidine rings is 1. The summed E-state index contributed by atoms with van der Waals surface area (Å²) in [5.74, 6) is 0. The average molecular weight is 234 g/mol. The first-order valence-corrected chi connectivity index (χ1v) is 7.24. The zero-order valence-corrected chi connectivity index (χ0v) is 10.7. The summed E-state index contributed by atoms with van der Waals surface area (Å²) in [5, 5.41) is -0.332. The SMILES string of the molecule is CCN1CCC(NS(=O)(=O)C(C)C)CC1. The summed E-state index contributed by atoms with van der Waals surface area (Å²) >= 11 is 0. The minimum atomic E-state index is -3.09. The first-order valence-electron chi connectivity index (χ1n) is 5.69. The molecule has 0 amide bonds. The summed E-state index contributed by atoms with van der Waals surface area (Å²) in [6, 6.07) is 0.139. The minimum absolute atomic E-state index is 0.139. The molecule has 0 radical (unpaired) electrons. The van der Waals surface area contributed by atoms with Gasteiger partial charge in [-0.25, -0.2) is 13.1 Å². The van der Waals surface area contributed by atoms with Gasteiger partial charge in [-0.05, 0) is 46.3 Å². The molecule has 1 fully saturated rings. The molecule has 0 spiro atoms. The maximum atomic E-state index is 11.6. The molecule has 0 atom stereocenters. The van der Waals surface area contributed by atoms with Crippen molar-refractivity contribution in [3.63, 3.8) is 0 Å². The van der Waals surface area contributed by atoms with Crippen molar-refractivity contribution in [3.8, 4) is 0 Å². The van der Waals surface area contributed by atoms with Crippen LogP contribution in [-0.2, 0) is 10.0 Å². The molecule has 1 heterocycles. The fraction of sp³-hybridized carbons (Fsp3) is 1.00. The molecule has 5 heteroatoms. The van der Waals surface area contributed by atoms with E-state index in [4.69, 9.17) is 0 Å². The van der Waals surface area contributed by atoms with Crippen molar-refractivity contribution in [2.75, 3.05) is 19.6 Å². The molecule has 1 rings (SSSR count). The summed E-state index contributed by atoms with van der Waals surface area (Å²) in [6.07, 6.45) is 1.86. The van der Waals surface area contributed by atoms with Crippen LogP contribution < -0.4 is 4.72 Å². The highest BCUT2D eigenvalue weighted by molar-refractivity contribution is 7.90. The second kappa shape index (κ2) is 5.27. The van der Waals surface area contributed by atoms with E-state index in [2.05, 4.69) is 16.5 Å². The number of nitrogens with one attached hydrogen (secondary N) is 1. The normalized spacial score (nSPS) is 21.1. The lowest BCUT2D eigenvalue weighted by atomic mass is 10.1. The van der Waals surface area contributed by atoms with E-state index in [9.17, 15) is 8.42 Å². The van der Waals surface area contributed by atoms with Gasteiger partial charge in [-0.1, -0.05) is 6.92 Å². The molecule has 15 heavy (non-hydrogen) atoms. The van der Waals surface area contributed by atoms with E-state index in [1.54, 1.807) is 13.8 Å². The lowest BCUT2D eigenvalue weighted by Gasteiger charge is -2.31. The van der Waals surface area contributed by atoms with Crippen LogP contribution in [0.3, 0.4) is 0 Å². The van der Waals surface area contributed by atoms with Crippen LogP contribution in [-0.4, -0.2) is 44.2 Å². The van der Waals surface area contributed by atoms with Crippen molar-refractivity contribution in [2.45, 2.75) is 44.9 Å². The van der Waals surface area contributed by atoms with Crippen molar-refractivity contribution in [1.82, 2.24) is 9.62 Å². The summed E-state index contributed by atoms with van der Waals surface area (Å²) in [5.41, 5.74) is 0. The minimum Gasteiger partial charge on any atom is -0.303 e. The van der Waals surface area contributed by atoms with Gasteiger partial charge in [0.15, 0.2) is 0 Å². The Morgan fingerprint density at radius 3 is 2.27 bits per heavy atom. The van der Waals surface area contributed by atoms with Crippen molar-refractivity contribution >= 4 is 10.0 Å². The highest BCUT2D eigenvalue weighted by atomic mass is 32.2. The first-order chi connectivity index (χ1) is 6.95. The van der Waals surface area contributed by atoms with E-state index in [0.717, 1.165) is 32.5 Å². The highest BCUT2D eigenvalue weighted by Crippen LogP contribution is 2.11. The molecule has 4 nitrogen and oxygen atoms in total. The second-order valence-corrected chi connectivity index (χ2v) is 6.69. The predicted molar refractivity (Wildman–Crippen MR) is 62.3 cm³/mol. The molecule has 0 aromatic rings. The van der Waals surface area contributed by atoms with Crippen LogP contribution in [0.25, 0.3) is 0 Å². The van der Waals surface area contributed by atoms with Crippen molar-refractivity contribution in [1.29, 1.82) is 0 Å². The lowest BCUT2D eigenvalue weighted by Crippen LogP contribution is -2.46. The third kappa shape index (κ3) is 3.74. The van der Waals surface area contributed by atoms with Crippen LogP contribution in [0.1, 0.15) is 33.6 Å². The Morgan fingerprint density at radius 2 is 1.87 bits per heavy atom. The van der Waals surface area contributed by atoms with Crippen LogP contribution in [0.2, 0.25) is 0 Å². The first kappa shape index (κ1) is 12.9. The van der Waals surface area contributed by atoms with Crippen LogP contribution in [0, 0.1) is 0 Å². The monoisotopic (exact) mass is 234 g/mol. The third-order valence-corrected chi connectivity index (χ3v) is 4.89. The number of sulfonamides is 1. The number of nitrogens with zero attached hydrogens (tertiary/aromatic N) is 1. The number of rotatable bonds is 4. The summed E-state index contributed by atoms with van der Waals surface area (Å²) in [7, 11) is -3.09. The van der Waals surface area contributed by atoms with Gasteiger partial charge in [0.2, 0.25) is 10.0 Å². The van der Waals surface area contributed by atoms with Crippen molar-refractivity contribution in [2.24, 2.45) is 0 Å². The van der Waals surface area contributed by atoms with E-state index >= 15 is 0 Å². The Balaban J connectivity index is 2.42. The molecule has 0 saturated carbocycles. The summed E-state index contributed by atoms with van der Waals surface area (Å²) in [4.78, 5) is 2.35. The molecular formula is C10H22N2O2S. The molecule has 0 aliphatic carbocycles. The fourth-order valence-electron chi connectivity index (χ4n) is 1.74. The van der Waals surface area contributed by atoms with Crippen molar-refractivity contribution < 1.29 is 8.42 Å². The smallest absolute Gasteiger partial charge is 0.214 e. The molecular weight excluding hydrogens is 212 g/mol. The maximum Gasteiger partial charge on any atom is 0.214 e. The molecule has 1 N–H and O–H groups in total. The van der Waals surface area contributed by atoms with E-state index in [-0.39, 0.29) is 11.3 Å². The van der Waals surface area contributed by atoms with Gasteiger partial charge < -0.3 is 4.90 Å². The van der Waals surface area contributed by atoms with E-state index < -0.39 is 10.0 Å². The van der Waals surface area contributed by atoms with Gasteiger partial charge in [0, 0.05) is 6.04 Å². The fourth-order valence-corrected chi connectivity index (χ4v) is 2.71. The molecule has 1 aliphatic rings. The van der Waals surface area contributed by atoms with Gasteiger partial charge in [0.05, 0.1) is 5.25 Å².